The van der Waals surface area contributed by atoms with Gasteiger partial charge >= 0.3 is 6.98 Å². The third-order valence-electron chi connectivity index (χ3n) is 7.84. The van der Waals surface area contributed by atoms with Gasteiger partial charge in [-0.15, -0.1) is 30.3 Å². The molecule has 8 heteroatoms. The Balaban J connectivity index is 0.00000325. The number of ether oxygens (including phenoxy) is 1. The van der Waals surface area contributed by atoms with E-state index in [1.54, 1.807) is 0 Å². The summed E-state index contributed by atoms with van der Waals surface area (Å²) < 4.78 is 10.4. The first-order valence-corrected chi connectivity index (χ1v) is 14.5. The topological polar surface area (TPSA) is 37.4 Å². The maximum Gasteiger partial charge on any atom is 0.420 e. The van der Waals surface area contributed by atoms with Gasteiger partial charge in [-0.25, -0.2) is 4.98 Å². The number of fused-ring (bicyclic) bond motifs is 2. The number of pyridine rings is 1. The first-order valence-electron chi connectivity index (χ1n) is 14.5. The molecule has 7 aromatic rings. The zero-order chi connectivity index (χ0) is 29.5. The Labute approximate surface area is 277 Å². The van der Waals surface area contributed by atoms with Gasteiger partial charge in [-0.3, -0.25) is 0 Å². The number of anilines is 4. The van der Waals surface area contributed by atoms with Crippen LogP contribution in [0.1, 0.15) is 0 Å². The van der Waals surface area contributed by atoms with E-state index in [-0.39, 0.29) is 28.0 Å². The molecule has 220 valence electrons. The predicted molar refractivity (Wildman–Crippen MR) is 174 cm³/mol. The van der Waals surface area contributed by atoms with E-state index in [0.29, 0.717) is 11.5 Å². The average Bonchev–Trinajstić information content (AvgIpc) is 3.61. The number of aryl methyl sites for hydroxylation is 1. The third-order valence-corrected chi connectivity index (χ3v) is 7.84. The Hall–Kier alpha value is -5.13. The van der Waals surface area contributed by atoms with E-state index in [0.717, 1.165) is 45.1 Å². The van der Waals surface area contributed by atoms with Gasteiger partial charge in [0.2, 0.25) is 6.33 Å². The number of imidazole rings is 1. The van der Waals surface area contributed by atoms with Crippen molar-refractivity contribution < 1.29 is 30.4 Å². The van der Waals surface area contributed by atoms with E-state index in [9.17, 15) is 0 Å². The number of benzene rings is 5. The van der Waals surface area contributed by atoms with Crippen molar-refractivity contribution in [2.45, 2.75) is 0 Å². The molecule has 0 amide bonds. The van der Waals surface area contributed by atoms with E-state index in [4.69, 9.17) is 9.72 Å². The fraction of sp³-hybridized carbons (Fsp3) is 0.0270. The molecule has 5 aromatic carbocycles. The molecule has 0 fully saturated rings. The van der Waals surface area contributed by atoms with Crippen LogP contribution in [0.25, 0.3) is 16.7 Å². The molecule has 0 bridgehead atoms. The molecule has 0 spiro atoms. The van der Waals surface area contributed by atoms with E-state index >= 15 is 0 Å². The summed E-state index contributed by atoms with van der Waals surface area (Å²) >= 11 is 0. The number of hydrogen-bond acceptors (Lipinski definition) is 4. The van der Waals surface area contributed by atoms with Crippen molar-refractivity contribution in [1.82, 2.24) is 9.55 Å². The Morgan fingerprint density at radius 2 is 1.33 bits per heavy atom. The minimum atomic E-state index is -0.178. The van der Waals surface area contributed by atoms with Crippen LogP contribution in [0, 0.1) is 18.5 Å². The molecule has 0 radical (unpaired) electrons. The summed E-state index contributed by atoms with van der Waals surface area (Å²) in [4.78, 5) is 9.42. The molecule has 0 atom stereocenters. The van der Waals surface area contributed by atoms with E-state index in [2.05, 4.69) is 101 Å². The van der Waals surface area contributed by atoms with Crippen LogP contribution in [-0.4, -0.2) is 16.5 Å². The number of hydrogen-bond donors (Lipinski definition) is 0. The monoisotopic (exact) mass is 762 g/mol. The first kappa shape index (κ1) is 28.6. The fourth-order valence-electron chi connectivity index (χ4n) is 5.92. The first-order chi connectivity index (χ1) is 21.7. The standard InChI is InChI=1S/C37H26BN5O.Pt/c1-40-27-41(35-22-9-8-21-34(35)40)30-17-10-19-32(25-30)44-33-20-11-18-31(26-33)43-37-36(23-12-24-39-37)42(29-15-6-3-7-16-29)38(43)28-13-4-2-5-14-28;/h2-24H,1H3;/q-2;. The molecule has 0 N–H and O–H groups in total. The molecule has 2 aromatic heterocycles. The van der Waals surface area contributed by atoms with Gasteiger partial charge in [0, 0.05) is 44.4 Å². The SMILES string of the molecule is C[n+]1[c-]n(-c2[c-]c(Oc3[c-]c(N4B(c5ccccc5)N(c5ccccc5)c5cccnc54)ccc3)ccc2)c2ccccc21.[Pt]. The third kappa shape index (κ3) is 5.19. The number of rotatable bonds is 6. The summed E-state index contributed by atoms with van der Waals surface area (Å²) in [6, 6.07) is 52.1. The molecule has 1 aliphatic rings. The smallest absolute Gasteiger partial charge is 0.420 e. The zero-order valence-corrected chi connectivity index (χ0v) is 26.6. The van der Waals surface area contributed by atoms with Gasteiger partial charge in [0.1, 0.15) is 5.82 Å². The Morgan fingerprint density at radius 1 is 0.667 bits per heavy atom. The summed E-state index contributed by atoms with van der Waals surface area (Å²) in [5, 5.41) is 0. The van der Waals surface area contributed by atoms with Crippen LogP contribution in [-0.2, 0) is 28.1 Å². The maximum absolute atomic E-state index is 6.39. The Morgan fingerprint density at radius 3 is 2.11 bits per heavy atom. The van der Waals surface area contributed by atoms with E-state index in [1.165, 1.54) is 0 Å². The number of para-hydroxylation sites is 3. The second-order valence-electron chi connectivity index (χ2n) is 10.6. The molecule has 0 unspecified atom stereocenters. The summed E-state index contributed by atoms with van der Waals surface area (Å²) in [5.41, 5.74) is 7.07. The van der Waals surface area contributed by atoms with Crippen LogP contribution in [0.4, 0.5) is 22.9 Å². The molecule has 0 aliphatic carbocycles. The van der Waals surface area contributed by atoms with Gasteiger partial charge in [0.15, 0.2) is 0 Å². The molecule has 45 heavy (non-hydrogen) atoms. The zero-order valence-electron chi connectivity index (χ0n) is 24.3. The van der Waals surface area contributed by atoms with Gasteiger partial charge in [-0.2, -0.15) is 18.2 Å². The molecule has 6 nitrogen and oxygen atoms in total. The molecule has 0 saturated carbocycles. The summed E-state index contributed by atoms with van der Waals surface area (Å²) in [6.07, 6.45) is 5.21. The predicted octanol–water partition coefficient (Wildman–Crippen LogP) is 6.73. The van der Waals surface area contributed by atoms with Crippen molar-refractivity contribution in [2.75, 3.05) is 9.62 Å². The van der Waals surface area contributed by atoms with Crippen LogP contribution in [0.2, 0.25) is 0 Å². The molecular formula is C37H26BN5OPt-2. The second kappa shape index (κ2) is 12.1. The summed E-state index contributed by atoms with van der Waals surface area (Å²) in [5.74, 6) is 2.04. The van der Waals surface area contributed by atoms with Gasteiger partial charge in [0.05, 0.1) is 23.8 Å². The quantitative estimate of drug-likeness (QED) is 0.107. The minimum absolute atomic E-state index is 0. The molecule has 8 rings (SSSR count). The van der Waals surface area contributed by atoms with Crippen molar-refractivity contribution in [2.24, 2.45) is 7.05 Å². The maximum atomic E-state index is 6.39. The van der Waals surface area contributed by atoms with Gasteiger partial charge in [-0.1, -0.05) is 84.2 Å². The van der Waals surface area contributed by atoms with Gasteiger partial charge in [0.25, 0.3) is 0 Å². The molecular weight excluding hydrogens is 736 g/mol. The van der Waals surface area contributed by atoms with Crippen LogP contribution >= 0.6 is 0 Å². The number of aromatic nitrogens is 3. The molecule has 1 aliphatic heterocycles. The fourth-order valence-corrected chi connectivity index (χ4v) is 5.92. The summed E-state index contributed by atoms with van der Waals surface area (Å²) in [6.45, 7) is -0.178. The van der Waals surface area contributed by atoms with Gasteiger partial charge < -0.3 is 23.5 Å². The van der Waals surface area contributed by atoms with Crippen molar-refractivity contribution in [1.29, 1.82) is 0 Å². The van der Waals surface area contributed by atoms with E-state index < -0.39 is 0 Å². The van der Waals surface area contributed by atoms with Crippen molar-refractivity contribution in [3.8, 4) is 17.2 Å². The Kier molecular flexibility index (Phi) is 7.70. The minimum Gasteiger partial charge on any atom is -0.510 e. The Bertz CT molecular complexity index is 2100. The normalized spacial score (nSPS) is 12.2. The number of nitrogens with zero attached hydrogens (tertiary/aromatic N) is 5. The van der Waals surface area contributed by atoms with Crippen LogP contribution < -0.4 is 24.4 Å². The summed E-state index contributed by atoms with van der Waals surface area (Å²) in [7, 11) is 1.99. The van der Waals surface area contributed by atoms with Crippen LogP contribution in [0.5, 0.6) is 11.5 Å². The molecule has 3 heterocycles. The molecule has 0 saturated heterocycles. The van der Waals surface area contributed by atoms with E-state index in [1.807, 2.05) is 83.0 Å². The van der Waals surface area contributed by atoms with Gasteiger partial charge in [-0.05, 0) is 29.7 Å². The second-order valence-corrected chi connectivity index (χ2v) is 10.6. The average molecular weight is 763 g/mol. The van der Waals surface area contributed by atoms with Crippen molar-refractivity contribution >= 4 is 46.4 Å². The van der Waals surface area contributed by atoms with Crippen LogP contribution in [0.15, 0.2) is 140 Å². The van der Waals surface area contributed by atoms with Crippen molar-refractivity contribution in [3.63, 3.8) is 0 Å². The largest absolute Gasteiger partial charge is 0.510 e. The van der Waals surface area contributed by atoms with Crippen molar-refractivity contribution in [3.05, 3.63) is 158 Å². The van der Waals surface area contributed by atoms with Crippen LogP contribution in [0.3, 0.4) is 0 Å².